The maximum Gasteiger partial charge on any atom is 0.325 e. The molecule has 4 nitrogen and oxygen atoms in total. The van der Waals surface area contributed by atoms with Gasteiger partial charge in [-0.15, -0.1) is 0 Å². The van der Waals surface area contributed by atoms with Gasteiger partial charge in [0, 0.05) is 6.07 Å². The maximum atomic E-state index is 13.1. The lowest BCUT2D eigenvalue weighted by molar-refractivity contribution is -0.138. The Morgan fingerprint density at radius 2 is 2.00 bits per heavy atom. The van der Waals surface area contributed by atoms with E-state index in [-0.39, 0.29) is 0 Å². The number of halogens is 2. The highest BCUT2D eigenvalue weighted by Gasteiger charge is 2.18. The lowest BCUT2D eigenvalue weighted by Crippen LogP contribution is -2.38. The molecule has 1 aromatic carbocycles. The van der Waals surface area contributed by atoms with Crippen molar-refractivity contribution in [1.29, 1.82) is 0 Å². The number of hydrogen-bond acceptors (Lipinski definition) is 2. The zero-order valence-electron chi connectivity index (χ0n) is 8.33. The van der Waals surface area contributed by atoms with Crippen molar-refractivity contribution in [2.24, 2.45) is 0 Å². The molecule has 0 radical (unpaired) electrons. The van der Waals surface area contributed by atoms with Crippen molar-refractivity contribution < 1.29 is 23.5 Å². The van der Waals surface area contributed by atoms with Gasteiger partial charge in [-0.3, -0.25) is 9.59 Å². The molecule has 0 spiro atoms. The molecule has 0 heterocycles. The molecule has 1 atom stereocenters. The Morgan fingerprint density at radius 1 is 1.38 bits per heavy atom. The number of aliphatic carboxylic acids is 1. The van der Waals surface area contributed by atoms with Crippen LogP contribution >= 0.6 is 0 Å². The number of carboxylic acids is 1. The molecule has 0 aromatic heterocycles. The molecule has 0 saturated heterocycles. The number of carbonyl (C=O) groups is 2. The van der Waals surface area contributed by atoms with E-state index in [0.29, 0.717) is 6.07 Å². The molecule has 0 fully saturated rings. The SMILES string of the molecule is C[C@H](NC(=O)c1ccc(F)cc1F)C(=O)O. The molecule has 2 N–H and O–H groups in total. The first-order valence-corrected chi connectivity index (χ1v) is 4.40. The van der Waals surface area contributed by atoms with Gasteiger partial charge in [-0.2, -0.15) is 0 Å². The average Bonchev–Trinajstić information content (AvgIpc) is 2.16. The summed E-state index contributed by atoms with van der Waals surface area (Å²) in [5.41, 5.74) is -0.394. The summed E-state index contributed by atoms with van der Waals surface area (Å²) >= 11 is 0. The summed E-state index contributed by atoms with van der Waals surface area (Å²) in [7, 11) is 0. The van der Waals surface area contributed by atoms with E-state index in [2.05, 4.69) is 5.32 Å². The third-order valence-corrected chi connectivity index (χ3v) is 1.89. The highest BCUT2D eigenvalue weighted by Crippen LogP contribution is 2.09. The van der Waals surface area contributed by atoms with E-state index in [9.17, 15) is 18.4 Å². The van der Waals surface area contributed by atoms with Crippen LogP contribution in [0.4, 0.5) is 8.78 Å². The summed E-state index contributed by atoms with van der Waals surface area (Å²) in [6.45, 7) is 1.24. The van der Waals surface area contributed by atoms with Crippen LogP contribution in [-0.2, 0) is 4.79 Å². The van der Waals surface area contributed by atoms with Gasteiger partial charge < -0.3 is 10.4 Å². The molecule has 0 bridgehead atoms. The van der Waals surface area contributed by atoms with Crippen molar-refractivity contribution in [3.63, 3.8) is 0 Å². The highest BCUT2D eigenvalue weighted by molar-refractivity contribution is 5.96. The summed E-state index contributed by atoms with van der Waals surface area (Å²) in [5.74, 6) is -3.97. The van der Waals surface area contributed by atoms with E-state index in [4.69, 9.17) is 5.11 Å². The molecule has 16 heavy (non-hydrogen) atoms. The molecule has 6 heteroatoms. The van der Waals surface area contributed by atoms with Gasteiger partial charge in [0.05, 0.1) is 5.56 Å². The Bertz CT molecular complexity index is 434. The van der Waals surface area contributed by atoms with E-state index in [1.807, 2.05) is 0 Å². The van der Waals surface area contributed by atoms with Crippen molar-refractivity contribution in [3.8, 4) is 0 Å². The quantitative estimate of drug-likeness (QED) is 0.817. The van der Waals surface area contributed by atoms with Crippen molar-refractivity contribution in [2.75, 3.05) is 0 Å². The first-order valence-electron chi connectivity index (χ1n) is 4.40. The van der Waals surface area contributed by atoms with Crippen LogP contribution in [0.25, 0.3) is 0 Å². The molecule has 0 aliphatic carbocycles. The Hall–Kier alpha value is -1.98. The summed E-state index contributed by atoms with van der Waals surface area (Å²) in [4.78, 5) is 21.8. The van der Waals surface area contributed by atoms with Crippen LogP contribution in [0.5, 0.6) is 0 Å². The van der Waals surface area contributed by atoms with Crippen LogP contribution in [0, 0.1) is 11.6 Å². The predicted octanol–water partition coefficient (Wildman–Crippen LogP) is 1.17. The van der Waals surface area contributed by atoms with Gasteiger partial charge in [-0.1, -0.05) is 0 Å². The zero-order valence-corrected chi connectivity index (χ0v) is 8.33. The molecule has 0 aliphatic heterocycles. The van der Waals surface area contributed by atoms with Crippen LogP contribution in [0.2, 0.25) is 0 Å². The normalized spacial score (nSPS) is 11.9. The van der Waals surface area contributed by atoms with Gasteiger partial charge in [0.25, 0.3) is 5.91 Å². The van der Waals surface area contributed by atoms with Gasteiger partial charge in [-0.05, 0) is 19.1 Å². The molecule has 1 aromatic rings. The largest absolute Gasteiger partial charge is 0.480 e. The second-order valence-corrected chi connectivity index (χ2v) is 3.16. The van der Waals surface area contributed by atoms with Gasteiger partial charge in [0.2, 0.25) is 0 Å². The fourth-order valence-electron chi connectivity index (χ4n) is 1.01. The van der Waals surface area contributed by atoms with Crippen molar-refractivity contribution in [3.05, 3.63) is 35.4 Å². The summed E-state index contributed by atoms with van der Waals surface area (Å²) in [6, 6.07) is 1.29. The molecular formula is C10H9F2NO3. The second kappa shape index (κ2) is 4.69. The minimum Gasteiger partial charge on any atom is -0.480 e. The minimum absolute atomic E-state index is 0.394. The topological polar surface area (TPSA) is 66.4 Å². The Morgan fingerprint density at radius 3 is 2.50 bits per heavy atom. The lowest BCUT2D eigenvalue weighted by atomic mass is 10.2. The van der Waals surface area contributed by atoms with E-state index in [1.54, 1.807) is 0 Å². The highest BCUT2D eigenvalue weighted by atomic mass is 19.1. The maximum absolute atomic E-state index is 13.1. The number of carboxylic acid groups (broad SMARTS) is 1. The van der Waals surface area contributed by atoms with Crippen molar-refractivity contribution in [1.82, 2.24) is 5.32 Å². The summed E-state index contributed by atoms with van der Waals surface area (Å²) in [6.07, 6.45) is 0. The molecule has 86 valence electrons. The van der Waals surface area contributed by atoms with E-state index in [1.165, 1.54) is 6.92 Å². The summed E-state index contributed by atoms with van der Waals surface area (Å²) < 4.78 is 25.6. The molecule has 0 aliphatic rings. The number of hydrogen-bond donors (Lipinski definition) is 2. The van der Waals surface area contributed by atoms with Gasteiger partial charge >= 0.3 is 5.97 Å². The smallest absolute Gasteiger partial charge is 0.325 e. The third-order valence-electron chi connectivity index (χ3n) is 1.89. The second-order valence-electron chi connectivity index (χ2n) is 3.16. The first kappa shape index (κ1) is 12.1. The molecule has 0 saturated carbocycles. The van der Waals surface area contributed by atoms with Crippen LogP contribution in [0.1, 0.15) is 17.3 Å². The molecule has 1 amide bonds. The van der Waals surface area contributed by atoms with Crippen molar-refractivity contribution in [2.45, 2.75) is 13.0 Å². The van der Waals surface area contributed by atoms with Crippen LogP contribution in [0.15, 0.2) is 18.2 Å². The number of amides is 1. The fourth-order valence-corrected chi connectivity index (χ4v) is 1.01. The number of benzene rings is 1. The monoisotopic (exact) mass is 229 g/mol. The zero-order chi connectivity index (χ0) is 12.3. The molecule has 1 rings (SSSR count). The first-order chi connectivity index (χ1) is 7.41. The van der Waals surface area contributed by atoms with Crippen LogP contribution in [-0.4, -0.2) is 23.0 Å². The van der Waals surface area contributed by atoms with Gasteiger partial charge in [0.1, 0.15) is 17.7 Å². The number of carbonyl (C=O) groups excluding carboxylic acids is 1. The molecular weight excluding hydrogens is 220 g/mol. The Labute approximate surface area is 89.9 Å². The van der Waals surface area contributed by atoms with E-state index in [0.717, 1.165) is 12.1 Å². The fraction of sp³-hybridized carbons (Fsp3) is 0.200. The van der Waals surface area contributed by atoms with Crippen molar-refractivity contribution >= 4 is 11.9 Å². The molecule has 0 unspecified atom stereocenters. The Kier molecular flexibility index (Phi) is 3.55. The van der Waals surface area contributed by atoms with Crippen LogP contribution < -0.4 is 5.32 Å². The van der Waals surface area contributed by atoms with Gasteiger partial charge in [-0.25, -0.2) is 8.78 Å². The van der Waals surface area contributed by atoms with Gasteiger partial charge in [0.15, 0.2) is 0 Å². The van der Waals surface area contributed by atoms with E-state index < -0.39 is 35.1 Å². The minimum atomic E-state index is -1.24. The third kappa shape index (κ3) is 2.75. The average molecular weight is 229 g/mol. The standard InChI is InChI=1S/C10H9F2NO3/c1-5(10(15)16)13-9(14)7-3-2-6(11)4-8(7)12/h2-5H,1H3,(H,13,14)(H,15,16)/t5-/m0/s1. The Balaban J connectivity index is 2.85. The number of rotatable bonds is 3. The summed E-state index contributed by atoms with van der Waals surface area (Å²) in [5, 5.41) is 10.6. The van der Waals surface area contributed by atoms with Crippen LogP contribution in [0.3, 0.4) is 0 Å². The van der Waals surface area contributed by atoms with E-state index >= 15 is 0 Å². The number of nitrogens with one attached hydrogen (secondary N) is 1. The predicted molar refractivity (Wildman–Crippen MR) is 50.9 cm³/mol. The lowest BCUT2D eigenvalue weighted by Gasteiger charge is -2.09.